The van der Waals surface area contributed by atoms with E-state index in [2.05, 4.69) is 4.90 Å². The van der Waals surface area contributed by atoms with E-state index in [0.29, 0.717) is 0 Å². The van der Waals surface area contributed by atoms with E-state index < -0.39 is 0 Å². The van der Waals surface area contributed by atoms with Crippen molar-refractivity contribution in [2.45, 2.75) is 39.5 Å². The Labute approximate surface area is 75.9 Å². The van der Waals surface area contributed by atoms with Crippen molar-refractivity contribution in [1.29, 1.82) is 0 Å². The molecular weight excluding hydrogens is 153 g/mol. The summed E-state index contributed by atoms with van der Waals surface area (Å²) in [5, 5.41) is 0. The molecule has 0 atom stereocenters. The molecule has 0 aliphatic carbocycles. The van der Waals surface area contributed by atoms with Crippen molar-refractivity contribution >= 4 is 0 Å². The van der Waals surface area contributed by atoms with Gasteiger partial charge in [-0.2, -0.15) is 0 Å². The third-order valence-corrected chi connectivity index (χ3v) is 2.06. The monoisotopic (exact) mass is 175 g/mol. The zero-order valence-electron chi connectivity index (χ0n) is 8.48. The van der Waals surface area contributed by atoms with Crippen LogP contribution in [0.1, 0.15) is 39.5 Å². The molecular formula is C10H22FN. The van der Waals surface area contributed by atoms with Crippen molar-refractivity contribution in [3.8, 4) is 0 Å². The quantitative estimate of drug-likeness (QED) is 0.637. The second kappa shape index (κ2) is 8.98. The Hall–Kier alpha value is -0.110. The first-order chi connectivity index (χ1) is 5.93. The average Bonchev–Trinajstić information content (AvgIpc) is 2.19. The molecule has 0 saturated carbocycles. The van der Waals surface area contributed by atoms with Gasteiger partial charge in [-0.1, -0.05) is 20.3 Å². The number of nitrogens with zero attached hydrogens (tertiary/aromatic N) is 1. The third kappa shape index (κ3) is 5.53. The van der Waals surface area contributed by atoms with Gasteiger partial charge in [-0.05, 0) is 32.4 Å². The summed E-state index contributed by atoms with van der Waals surface area (Å²) in [6.45, 7) is 7.20. The number of rotatable bonds is 3. The maximum atomic E-state index is 11.7. The van der Waals surface area contributed by atoms with E-state index in [-0.39, 0.29) is 6.67 Å². The zero-order chi connectivity index (χ0) is 9.23. The largest absolute Gasteiger partial charge is 0.303 e. The Bertz CT molecular complexity index is 79.9. The lowest BCUT2D eigenvalue weighted by molar-refractivity contribution is 0.219. The fraction of sp³-hybridized carbons (Fsp3) is 1.00. The second-order valence-electron chi connectivity index (χ2n) is 2.94. The van der Waals surface area contributed by atoms with Crippen LogP contribution in [0.5, 0.6) is 0 Å². The lowest BCUT2D eigenvalue weighted by Gasteiger charge is -2.25. The van der Waals surface area contributed by atoms with Gasteiger partial charge < -0.3 is 4.90 Å². The molecule has 0 aromatic heterocycles. The molecule has 0 unspecified atom stereocenters. The molecule has 0 N–H and O–H groups in total. The molecule has 74 valence electrons. The zero-order valence-corrected chi connectivity index (χ0v) is 8.48. The highest BCUT2D eigenvalue weighted by molar-refractivity contribution is 4.63. The first-order valence-corrected chi connectivity index (χ1v) is 5.22. The standard InChI is InChI=1S/C8H16FN.C2H6/c9-5-4-8-10-6-2-1-3-7-10;1-2/h1-8H2;1-2H3. The molecule has 12 heavy (non-hydrogen) atoms. The summed E-state index contributed by atoms with van der Waals surface area (Å²) in [6, 6.07) is 0. The Morgan fingerprint density at radius 2 is 1.67 bits per heavy atom. The lowest BCUT2D eigenvalue weighted by Crippen LogP contribution is -2.30. The van der Waals surface area contributed by atoms with E-state index in [4.69, 9.17) is 0 Å². The Morgan fingerprint density at radius 3 is 2.17 bits per heavy atom. The highest BCUT2D eigenvalue weighted by Crippen LogP contribution is 2.08. The molecule has 0 aromatic rings. The van der Waals surface area contributed by atoms with Gasteiger partial charge in [0.15, 0.2) is 0 Å². The van der Waals surface area contributed by atoms with Crippen LogP contribution in [0.3, 0.4) is 0 Å². The highest BCUT2D eigenvalue weighted by Gasteiger charge is 2.08. The summed E-state index contributed by atoms with van der Waals surface area (Å²) in [5.41, 5.74) is 0. The van der Waals surface area contributed by atoms with Gasteiger partial charge in [0, 0.05) is 6.54 Å². The Kier molecular flexibility index (Phi) is 8.90. The van der Waals surface area contributed by atoms with Crippen LogP contribution >= 0.6 is 0 Å². The fourth-order valence-electron chi connectivity index (χ4n) is 1.47. The van der Waals surface area contributed by atoms with E-state index in [1.807, 2.05) is 13.8 Å². The van der Waals surface area contributed by atoms with Gasteiger partial charge in [0.25, 0.3) is 0 Å². The van der Waals surface area contributed by atoms with Gasteiger partial charge in [-0.3, -0.25) is 4.39 Å². The molecule has 1 aliphatic heterocycles. The number of hydrogen-bond donors (Lipinski definition) is 0. The minimum Gasteiger partial charge on any atom is -0.303 e. The topological polar surface area (TPSA) is 3.24 Å². The summed E-state index contributed by atoms with van der Waals surface area (Å²) in [7, 11) is 0. The number of piperidine rings is 1. The highest BCUT2D eigenvalue weighted by atomic mass is 19.1. The van der Waals surface area contributed by atoms with Gasteiger partial charge in [-0.15, -0.1) is 0 Å². The van der Waals surface area contributed by atoms with Crippen LogP contribution in [0.4, 0.5) is 4.39 Å². The summed E-state index contributed by atoms with van der Waals surface area (Å²) < 4.78 is 11.7. The first kappa shape index (κ1) is 11.9. The van der Waals surface area contributed by atoms with Crippen LogP contribution in [-0.2, 0) is 0 Å². The van der Waals surface area contributed by atoms with Gasteiger partial charge in [0.1, 0.15) is 0 Å². The van der Waals surface area contributed by atoms with Crippen molar-refractivity contribution in [2.75, 3.05) is 26.3 Å². The van der Waals surface area contributed by atoms with E-state index in [1.165, 1.54) is 32.4 Å². The number of halogens is 1. The molecule has 1 fully saturated rings. The van der Waals surface area contributed by atoms with E-state index in [0.717, 1.165) is 13.0 Å². The minimum atomic E-state index is -0.156. The smallest absolute Gasteiger partial charge is 0.0906 e. The molecule has 0 radical (unpaired) electrons. The Morgan fingerprint density at radius 1 is 1.08 bits per heavy atom. The van der Waals surface area contributed by atoms with Crippen LogP contribution in [0.15, 0.2) is 0 Å². The normalized spacial score (nSPS) is 18.2. The maximum absolute atomic E-state index is 11.7. The summed E-state index contributed by atoms with van der Waals surface area (Å²) in [5.74, 6) is 0. The van der Waals surface area contributed by atoms with E-state index >= 15 is 0 Å². The fourth-order valence-corrected chi connectivity index (χ4v) is 1.47. The second-order valence-corrected chi connectivity index (χ2v) is 2.94. The van der Waals surface area contributed by atoms with Gasteiger partial charge in [0.05, 0.1) is 6.67 Å². The molecule has 0 amide bonds. The molecule has 1 heterocycles. The SMILES string of the molecule is CC.FCCCN1CCCCC1. The van der Waals surface area contributed by atoms with Crippen molar-refractivity contribution in [3.05, 3.63) is 0 Å². The lowest BCUT2D eigenvalue weighted by atomic mass is 10.1. The maximum Gasteiger partial charge on any atom is 0.0906 e. The molecule has 1 rings (SSSR count). The number of likely N-dealkylation sites (tertiary alicyclic amines) is 1. The summed E-state index contributed by atoms with van der Waals surface area (Å²) >= 11 is 0. The third-order valence-electron chi connectivity index (χ3n) is 2.06. The molecule has 1 aliphatic rings. The average molecular weight is 175 g/mol. The van der Waals surface area contributed by atoms with E-state index in [9.17, 15) is 4.39 Å². The van der Waals surface area contributed by atoms with Crippen molar-refractivity contribution in [2.24, 2.45) is 0 Å². The Balaban J connectivity index is 0.000000561. The van der Waals surface area contributed by atoms with Gasteiger partial charge >= 0.3 is 0 Å². The van der Waals surface area contributed by atoms with Crippen LogP contribution in [0.2, 0.25) is 0 Å². The molecule has 0 aromatic carbocycles. The van der Waals surface area contributed by atoms with Gasteiger partial charge in [-0.25, -0.2) is 0 Å². The minimum absolute atomic E-state index is 0.156. The van der Waals surface area contributed by atoms with Gasteiger partial charge in [0.2, 0.25) is 0 Å². The van der Waals surface area contributed by atoms with Crippen molar-refractivity contribution in [1.82, 2.24) is 4.90 Å². The van der Waals surface area contributed by atoms with Crippen LogP contribution in [0, 0.1) is 0 Å². The predicted octanol–water partition coefficient (Wildman–Crippen LogP) is 2.86. The molecule has 1 saturated heterocycles. The van der Waals surface area contributed by atoms with Crippen LogP contribution < -0.4 is 0 Å². The van der Waals surface area contributed by atoms with Crippen LogP contribution in [0.25, 0.3) is 0 Å². The predicted molar refractivity (Wildman–Crippen MR) is 52.2 cm³/mol. The first-order valence-electron chi connectivity index (χ1n) is 5.22. The number of hydrogen-bond acceptors (Lipinski definition) is 1. The van der Waals surface area contributed by atoms with Crippen molar-refractivity contribution in [3.63, 3.8) is 0 Å². The summed E-state index contributed by atoms with van der Waals surface area (Å²) in [6.07, 6.45) is 4.71. The molecule has 2 heteroatoms. The van der Waals surface area contributed by atoms with Crippen LogP contribution in [-0.4, -0.2) is 31.2 Å². The summed E-state index contributed by atoms with van der Waals surface area (Å²) in [4.78, 5) is 2.36. The molecule has 0 bridgehead atoms. The number of alkyl halides is 1. The molecule has 0 spiro atoms. The molecule has 1 nitrogen and oxygen atoms in total. The van der Waals surface area contributed by atoms with Crippen molar-refractivity contribution < 1.29 is 4.39 Å². The van der Waals surface area contributed by atoms with E-state index in [1.54, 1.807) is 0 Å².